The van der Waals surface area contributed by atoms with Crippen molar-refractivity contribution in [1.29, 1.82) is 0 Å². The molecular formula is C26H11F7N2O. The van der Waals surface area contributed by atoms with Gasteiger partial charge in [-0.2, -0.15) is 0 Å². The van der Waals surface area contributed by atoms with Gasteiger partial charge < -0.3 is 9.64 Å². The van der Waals surface area contributed by atoms with Crippen molar-refractivity contribution < 1.29 is 35.5 Å². The Kier molecular flexibility index (Phi) is 4.66. The van der Waals surface area contributed by atoms with E-state index in [1.165, 1.54) is 24.3 Å². The maximum absolute atomic E-state index is 15.5. The highest BCUT2D eigenvalue weighted by atomic mass is 19.2. The lowest BCUT2D eigenvalue weighted by Crippen LogP contribution is -2.18. The van der Waals surface area contributed by atoms with Gasteiger partial charge in [0.25, 0.3) is 0 Å². The van der Waals surface area contributed by atoms with Crippen LogP contribution >= 0.6 is 0 Å². The van der Waals surface area contributed by atoms with Crippen LogP contribution in [-0.4, -0.2) is 4.98 Å². The standard InChI is InChI=1S/C26H11F7N2O/c1-10-17(27)19(29)15-24(18(10)28)34-25-16(20(30)21(31)22(32)23(25)33)26(15)35-11-6-2-4-8-13(11)36-14-9-5-3-7-12(14)35/h2-9H,1H3. The molecule has 1 aliphatic rings. The van der Waals surface area contributed by atoms with E-state index in [0.29, 0.717) is 0 Å². The van der Waals surface area contributed by atoms with Crippen molar-refractivity contribution in [2.24, 2.45) is 0 Å². The molecule has 4 aromatic carbocycles. The molecule has 180 valence electrons. The average Bonchev–Trinajstić information content (AvgIpc) is 2.90. The van der Waals surface area contributed by atoms with Crippen LogP contribution in [0.2, 0.25) is 0 Å². The molecule has 0 spiro atoms. The number of ether oxygens (including phenoxy) is 1. The third kappa shape index (κ3) is 2.78. The molecule has 36 heavy (non-hydrogen) atoms. The van der Waals surface area contributed by atoms with Crippen molar-refractivity contribution in [3.05, 3.63) is 94.8 Å². The number of benzene rings is 4. The highest BCUT2D eigenvalue weighted by Gasteiger charge is 2.35. The second-order valence-electron chi connectivity index (χ2n) is 8.10. The molecule has 6 rings (SSSR count). The summed E-state index contributed by atoms with van der Waals surface area (Å²) in [5, 5.41) is -1.90. The molecule has 0 unspecified atom stereocenters. The van der Waals surface area contributed by atoms with Gasteiger partial charge in [0, 0.05) is 5.56 Å². The highest BCUT2D eigenvalue weighted by molar-refractivity contribution is 6.13. The molecule has 0 fully saturated rings. The first-order chi connectivity index (χ1) is 17.2. The topological polar surface area (TPSA) is 25.4 Å². The first-order valence-corrected chi connectivity index (χ1v) is 10.5. The highest BCUT2D eigenvalue weighted by Crippen LogP contribution is 2.54. The fourth-order valence-electron chi connectivity index (χ4n) is 4.43. The van der Waals surface area contributed by atoms with Gasteiger partial charge in [0.2, 0.25) is 0 Å². The zero-order chi connectivity index (χ0) is 25.5. The van der Waals surface area contributed by atoms with Crippen molar-refractivity contribution in [3.8, 4) is 11.5 Å². The molecule has 1 aliphatic heterocycles. The predicted octanol–water partition coefficient (Wildman–Crippen LogP) is 8.25. The molecule has 0 saturated carbocycles. The summed E-state index contributed by atoms with van der Waals surface area (Å²) in [6.45, 7) is 0.931. The zero-order valence-electron chi connectivity index (χ0n) is 18.1. The summed E-state index contributed by atoms with van der Waals surface area (Å²) in [7, 11) is 0. The minimum absolute atomic E-state index is 0.135. The van der Waals surface area contributed by atoms with Crippen molar-refractivity contribution in [2.45, 2.75) is 6.92 Å². The average molecular weight is 500 g/mol. The first-order valence-electron chi connectivity index (χ1n) is 10.5. The third-order valence-electron chi connectivity index (χ3n) is 6.11. The molecule has 0 amide bonds. The number of fused-ring (bicyclic) bond motifs is 4. The molecule has 0 radical (unpaired) electrons. The molecule has 0 saturated heterocycles. The number of anilines is 3. The molecule has 10 heteroatoms. The maximum atomic E-state index is 15.5. The van der Waals surface area contributed by atoms with E-state index in [4.69, 9.17) is 4.74 Å². The van der Waals surface area contributed by atoms with E-state index in [1.807, 2.05) is 0 Å². The summed E-state index contributed by atoms with van der Waals surface area (Å²) in [6.07, 6.45) is 0. The number of para-hydroxylation sites is 4. The molecule has 0 aliphatic carbocycles. The fraction of sp³-hybridized carbons (Fsp3) is 0.0385. The van der Waals surface area contributed by atoms with Gasteiger partial charge in [0.15, 0.2) is 52.2 Å². The Labute approximate surface area is 198 Å². The number of nitrogens with zero attached hydrogens (tertiary/aromatic N) is 2. The van der Waals surface area contributed by atoms with Gasteiger partial charge in [0.05, 0.1) is 27.8 Å². The Morgan fingerprint density at radius 2 is 1.06 bits per heavy atom. The number of hydrogen-bond donors (Lipinski definition) is 0. The summed E-state index contributed by atoms with van der Waals surface area (Å²) < 4.78 is 110. The lowest BCUT2D eigenvalue weighted by atomic mass is 10.0. The molecule has 1 aromatic heterocycles. The van der Waals surface area contributed by atoms with Gasteiger partial charge in [-0.05, 0) is 31.2 Å². The smallest absolute Gasteiger partial charge is 0.199 e. The van der Waals surface area contributed by atoms with E-state index >= 15 is 13.2 Å². The number of aromatic nitrogens is 1. The maximum Gasteiger partial charge on any atom is 0.199 e. The summed E-state index contributed by atoms with van der Waals surface area (Å²) in [6, 6.07) is 12.3. The van der Waals surface area contributed by atoms with Crippen molar-refractivity contribution in [1.82, 2.24) is 4.98 Å². The van der Waals surface area contributed by atoms with Crippen LogP contribution in [0.1, 0.15) is 5.56 Å². The summed E-state index contributed by atoms with van der Waals surface area (Å²) >= 11 is 0. The van der Waals surface area contributed by atoms with Crippen LogP contribution in [-0.2, 0) is 0 Å². The monoisotopic (exact) mass is 500 g/mol. The van der Waals surface area contributed by atoms with Crippen molar-refractivity contribution >= 4 is 38.9 Å². The van der Waals surface area contributed by atoms with Crippen LogP contribution in [0.25, 0.3) is 21.8 Å². The number of rotatable bonds is 1. The van der Waals surface area contributed by atoms with Gasteiger partial charge in [-0.1, -0.05) is 24.3 Å². The molecule has 0 N–H and O–H groups in total. The van der Waals surface area contributed by atoms with Crippen LogP contribution in [0.3, 0.4) is 0 Å². The molecular weight excluding hydrogens is 489 g/mol. The fourth-order valence-corrected chi connectivity index (χ4v) is 4.43. The van der Waals surface area contributed by atoms with E-state index in [9.17, 15) is 17.6 Å². The largest absolute Gasteiger partial charge is 0.453 e. The molecule has 5 aromatic rings. The first kappa shape index (κ1) is 22.1. The lowest BCUT2D eigenvalue weighted by molar-refractivity contribution is 0.417. The van der Waals surface area contributed by atoms with Crippen molar-refractivity contribution in [3.63, 3.8) is 0 Å². The minimum atomic E-state index is -2.19. The molecule has 3 nitrogen and oxygen atoms in total. The van der Waals surface area contributed by atoms with Gasteiger partial charge in [0.1, 0.15) is 11.0 Å². The van der Waals surface area contributed by atoms with Crippen molar-refractivity contribution in [2.75, 3.05) is 4.90 Å². The summed E-state index contributed by atoms with van der Waals surface area (Å²) in [5.74, 6) is -12.4. The number of halogens is 7. The molecule has 0 bridgehead atoms. The Balaban J connectivity index is 1.93. The molecule has 2 heterocycles. The quantitative estimate of drug-likeness (QED) is 0.0984. The Hall–Kier alpha value is -4.34. The summed E-state index contributed by atoms with van der Waals surface area (Å²) in [4.78, 5) is 4.76. The Bertz CT molecular complexity index is 1650. The van der Waals surface area contributed by atoms with Crippen LogP contribution in [0.15, 0.2) is 48.5 Å². The van der Waals surface area contributed by atoms with Gasteiger partial charge in [-0.25, -0.2) is 35.7 Å². The SMILES string of the molecule is Cc1c(F)c(F)c2c(N3c4ccccc4Oc4ccccc43)c3c(F)c(F)c(F)c(F)c3nc2c1F. The van der Waals surface area contributed by atoms with E-state index in [0.717, 1.165) is 11.8 Å². The predicted molar refractivity (Wildman–Crippen MR) is 118 cm³/mol. The van der Waals surface area contributed by atoms with E-state index in [-0.39, 0.29) is 22.9 Å². The van der Waals surface area contributed by atoms with Gasteiger partial charge >= 0.3 is 0 Å². The normalized spacial score (nSPS) is 12.6. The van der Waals surface area contributed by atoms with Crippen LogP contribution in [0.4, 0.5) is 47.8 Å². The van der Waals surface area contributed by atoms with E-state index < -0.39 is 73.8 Å². The third-order valence-corrected chi connectivity index (χ3v) is 6.11. The van der Waals surface area contributed by atoms with Gasteiger partial charge in [-0.3, -0.25) is 0 Å². The minimum Gasteiger partial charge on any atom is -0.453 e. The summed E-state index contributed by atoms with van der Waals surface area (Å²) in [5.41, 5.74) is -3.17. The lowest BCUT2D eigenvalue weighted by Gasteiger charge is -2.34. The number of pyridine rings is 1. The van der Waals surface area contributed by atoms with Crippen LogP contribution in [0, 0.1) is 47.6 Å². The second kappa shape index (κ2) is 7.58. The van der Waals surface area contributed by atoms with Crippen LogP contribution in [0.5, 0.6) is 11.5 Å². The van der Waals surface area contributed by atoms with Gasteiger partial charge in [-0.15, -0.1) is 0 Å². The van der Waals surface area contributed by atoms with Crippen LogP contribution < -0.4 is 9.64 Å². The Morgan fingerprint density at radius 3 is 1.64 bits per heavy atom. The molecule has 0 atom stereocenters. The van der Waals surface area contributed by atoms with E-state index in [1.54, 1.807) is 24.3 Å². The Morgan fingerprint density at radius 1 is 0.583 bits per heavy atom. The van der Waals surface area contributed by atoms with E-state index in [2.05, 4.69) is 4.98 Å². The zero-order valence-corrected chi connectivity index (χ0v) is 18.1. The number of hydrogen-bond acceptors (Lipinski definition) is 3. The second-order valence-corrected chi connectivity index (χ2v) is 8.10.